The Hall–Kier alpha value is -0.610. The van der Waals surface area contributed by atoms with Gasteiger partial charge < -0.3 is 10.1 Å². The van der Waals surface area contributed by atoms with Crippen LogP contribution in [-0.4, -0.2) is 19.7 Å². The van der Waals surface area contributed by atoms with E-state index >= 15 is 0 Å². The summed E-state index contributed by atoms with van der Waals surface area (Å²) in [5.41, 5.74) is -0.0192. The molecule has 0 aliphatic heterocycles. The summed E-state index contributed by atoms with van der Waals surface area (Å²) in [5, 5.41) is 3.35. The minimum Gasteiger partial charge on any atom is -0.490 e. The molecule has 0 unspecified atom stereocenters. The summed E-state index contributed by atoms with van der Waals surface area (Å²) in [6.07, 6.45) is 1.11. The molecule has 18 heavy (non-hydrogen) atoms. The fourth-order valence-electron chi connectivity index (χ4n) is 1.52. The van der Waals surface area contributed by atoms with Crippen LogP contribution >= 0.6 is 15.9 Å². The summed E-state index contributed by atoms with van der Waals surface area (Å²) in [5.74, 6) is -0.0246. The van der Waals surface area contributed by atoms with E-state index in [0.717, 1.165) is 24.0 Å². The van der Waals surface area contributed by atoms with Crippen molar-refractivity contribution in [2.45, 2.75) is 27.2 Å². The smallest absolute Gasteiger partial charge is 0.166 e. The molecular weight excluding hydrogens is 297 g/mol. The topological polar surface area (TPSA) is 21.3 Å². The maximum Gasteiger partial charge on any atom is 0.166 e. The molecule has 0 spiro atoms. The molecule has 4 heteroatoms. The molecule has 0 saturated heterocycles. The minimum atomic E-state index is -0.332. The van der Waals surface area contributed by atoms with Gasteiger partial charge in [-0.15, -0.1) is 0 Å². The van der Waals surface area contributed by atoms with Gasteiger partial charge >= 0.3 is 0 Å². The van der Waals surface area contributed by atoms with Gasteiger partial charge in [-0.3, -0.25) is 0 Å². The van der Waals surface area contributed by atoms with Crippen molar-refractivity contribution in [3.05, 3.63) is 28.5 Å². The van der Waals surface area contributed by atoms with Crippen LogP contribution in [0.5, 0.6) is 5.75 Å². The first-order valence-electron chi connectivity index (χ1n) is 6.23. The molecule has 1 aromatic rings. The first kappa shape index (κ1) is 15.4. The van der Waals surface area contributed by atoms with Crippen LogP contribution in [0.3, 0.4) is 0 Å². The highest BCUT2D eigenvalue weighted by atomic mass is 79.9. The molecule has 2 nitrogen and oxygen atoms in total. The molecule has 1 rings (SSSR count). The van der Waals surface area contributed by atoms with Crippen LogP contribution in [0.15, 0.2) is 22.7 Å². The van der Waals surface area contributed by atoms with Gasteiger partial charge in [-0.25, -0.2) is 4.39 Å². The van der Waals surface area contributed by atoms with Gasteiger partial charge in [0.15, 0.2) is 11.6 Å². The lowest BCUT2D eigenvalue weighted by Gasteiger charge is -2.25. The minimum absolute atomic E-state index is 0.0192. The van der Waals surface area contributed by atoms with Gasteiger partial charge in [-0.2, -0.15) is 0 Å². The number of rotatable bonds is 7. The lowest BCUT2D eigenvalue weighted by atomic mass is 9.95. The summed E-state index contributed by atoms with van der Waals surface area (Å²) < 4.78 is 19.8. The van der Waals surface area contributed by atoms with E-state index in [2.05, 4.69) is 42.0 Å². The van der Waals surface area contributed by atoms with Crippen molar-refractivity contribution in [1.29, 1.82) is 0 Å². The molecule has 0 heterocycles. The fourth-order valence-corrected chi connectivity index (χ4v) is 1.85. The van der Waals surface area contributed by atoms with Crippen LogP contribution in [0.1, 0.15) is 27.2 Å². The van der Waals surface area contributed by atoms with Crippen molar-refractivity contribution in [2.75, 3.05) is 19.7 Å². The van der Waals surface area contributed by atoms with E-state index in [1.54, 1.807) is 12.1 Å². The van der Waals surface area contributed by atoms with Crippen molar-refractivity contribution >= 4 is 15.9 Å². The number of halogens is 2. The largest absolute Gasteiger partial charge is 0.490 e. The average molecular weight is 318 g/mol. The highest BCUT2D eigenvalue weighted by Gasteiger charge is 2.19. The summed E-state index contributed by atoms with van der Waals surface area (Å²) >= 11 is 3.22. The van der Waals surface area contributed by atoms with E-state index in [9.17, 15) is 4.39 Å². The predicted octanol–water partition coefficient (Wildman–Crippen LogP) is 3.99. The van der Waals surface area contributed by atoms with Crippen LogP contribution in [0.4, 0.5) is 4.39 Å². The van der Waals surface area contributed by atoms with Gasteiger partial charge in [0.2, 0.25) is 0 Å². The Balaban J connectivity index is 2.48. The van der Waals surface area contributed by atoms with Crippen LogP contribution in [0.25, 0.3) is 0 Å². The standard InChI is InChI=1S/C14H21BrFNO/c1-4-7-17-9-14(2,3)10-18-13-6-5-11(15)8-12(13)16/h5-6,8,17H,4,7,9-10H2,1-3H3. The monoisotopic (exact) mass is 317 g/mol. The Bertz CT molecular complexity index is 382. The van der Waals surface area contributed by atoms with E-state index in [1.807, 2.05) is 0 Å². The van der Waals surface area contributed by atoms with Crippen molar-refractivity contribution in [1.82, 2.24) is 5.32 Å². The quantitative estimate of drug-likeness (QED) is 0.768. The third-order valence-corrected chi connectivity index (χ3v) is 3.04. The van der Waals surface area contributed by atoms with E-state index in [-0.39, 0.29) is 11.2 Å². The third kappa shape index (κ3) is 5.36. The Morgan fingerprint density at radius 1 is 1.39 bits per heavy atom. The third-order valence-electron chi connectivity index (χ3n) is 2.54. The van der Waals surface area contributed by atoms with Crippen molar-refractivity contribution < 1.29 is 9.13 Å². The molecule has 0 amide bonds. The van der Waals surface area contributed by atoms with E-state index in [0.29, 0.717) is 12.4 Å². The fraction of sp³-hybridized carbons (Fsp3) is 0.571. The van der Waals surface area contributed by atoms with Gasteiger partial charge in [0.25, 0.3) is 0 Å². The molecule has 1 aromatic carbocycles. The molecule has 0 fully saturated rings. The average Bonchev–Trinajstić information content (AvgIpc) is 2.28. The van der Waals surface area contributed by atoms with Gasteiger partial charge in [-0.1, -0.05) is 36.7 Å². The SMILES string of the molecule is CCCNCC(C)(C)COc1ccc(Br)cc1F. The zero-order chi connectivity index (χ0) is 13.6. The second kappa shape index (κ2) is 7.10. The molecular formula is C14H21BrFNO. The molecule has 1 N–H and O–H groups in total. The van der Waals surface area contributed by atoms with Crippen LogP contribution in [0.2, 0.25) is 0 Å². The van der Waals surface area contributed by atoms with Crippen molar-refractivity contribution in [3.8, 4) is 5.75 Å². The second-order valence-electron chi connectivity index (χ2n) is 5.20. The molecule has 0 atom stereocenters. The first-order valence-corrected chi connectivity index (χ1v) is 7.02. The number of hydrogen-bond donors (Lipinski definition) is 1. The second-order valence-corrected chi connectivity index (χ2v) is 6.12. The van der Waals surface area contributed by atoms with Gasteiger partial charge in [-0.05, 0) is 31.2 Å². The predicted molar refractivity (Wildman–Crippen MR) is 76.5 cm³/mol. The number of hydrogen-bond acceptors (Lipinski definition) is 2. The van der Waals surface area contributed by atoms with Gasteiger partial charge in [0.05, 0.1) is 6.61 Å². The molecule has 0 aliphatic rings. The zero-order valence-corrected chi connectivity index (χ0v) is 12.8. The Labute approximate surface area is 117 Å². The van der Waals surface area contributed by atoms with Crippen LogP contribution in [-0.2, 0) is 0 Å². The number of benzene rings is 1. The molecule has 0 aromatic heterocycles. The maximum atomic E-state index is 13.6. The Morgan fingerprint density at radius 3 is 2.72 bits per heavy atom. The van der Waals surface area contributed by atoms with E-state index < -0.39 is 0 Å². The maximum absolute atomic E-state index is 13.6. The summed E-state index contributed by atoms with van der Waals surface area (Å²) in [6.45, 7) is 8.68. The lowest BCUT2D eigenvalue weighted by Crippen LogP contribution is -2.34. The van der Waals surface area contributed by atoms with E-state index in [4.69, 9.17) is 4.74 Å². The zero-order valence-electron chi connectivity index (χ0n) is 11.2. The molecule has 0 saturated carbocycles. The summed E-state index contributed by atoms with van der Waals surface area (Å²) in [6, 6.07) is 4.84. The van der Waals surface area contributed by atoms with Crippen molar-refractivity contribution in [3.63, 3.8) is 0 Å². The highest BCUT2D eigenvalue weighted by molar-refractivity contribution is 9.10. The normalized spacial score (nSPS) is 11.6. The molecule has 0 aliphatic carbocycles. The van der Waals surface area contributed by atoms with E-state index in [1.165, 1.54) is 6.07 Å². The highest BCUT2D eigenvalue weighted by Crippen LogP contribution is 2.23. The van der Waals surface area contributed by atoms with Crippen LogP contribution in [0, 0.1) is 11.2 Å². The van der Waals surface area contributed by atoms with Crippen LogP contribution < -0.4 is 10.1 Å². The first-order chi connectivity index (χ1) is 8.44. The molecule has 0 bridgehead atoms. The number of nitrogens with one attached hydrogen (secondary N) is 1. The van der Waals surface area contributed by atoms with Gasteiger partial charge in [0.1, 0.15) is 0 Å². The van der Waals surface area contributed by atoms with Gasteiger partial charge in [0, 0.05) is 16.4 Å². The summed E-state index contributed by atoms with van der Waals surface area (Å²) in [7, 11) is 0. The number of ether oxygens (including phenoxy) is 1. The lowest BCUT2D eigenvalue weighted by molar-refractivity contribution is 0.171. The summed E-state index contributed by atoms with van der Waals surface area (Å²) in [4.78, 5) is 0. The molecule has 0 radical (unpaired) electrons. The molecule has 102 valence electrons. The Morgan fingerprint density at radius 2 is 2.11 bits per heavy atom. The Kier molecular flexibility index (Phi) is 6.09. The van der Waals surface area contributed by atoms with Crippen molar-refractivity contribution in [2.24, 2.45) is 5.41 Å².